The zero-order valence-electron chi connectivity index (χ0n) is 10.1. The first-order valence-corrected chi connectivity index (χ1v) is 5.68. The van der Waals surface area contributed by atoms with Crippen molar-refractivity contribution < 1.29 is 9.59 Å². The van der Waals surface area contributed by atoms with Gasteiger partial charge in [0.25, 0.3) is 0 Å². The van der Waals surface area contributed by atoms with Crippen molar-refractivity contribution in [2.45, 2.75) is 6.92 Å². The number of hydrogen-bond acceptors (Lipinski definition) is 3. The van der Waals surface area contributed by atoms with Gasteiger partial charge in [-0.2, -0.15) is 0 Å². The summed E-state index contributed by atoms with van der Waals surface area (Å²) in [5.74, 6) is 0.149. The molecule has 90 valence electrons. The quantitative estimate of drug-likeness (QED) is 0.719. The van der Waals surface area contributed by atoms with E-state index in [0.717, 1.165) is 12.2 Å². The highest BCUT2D eigenvalue weighted by Crippen LogP contribution is 2.17. The summed E-state index contributed by atoms with van der Waals surface area (Å²) < 4.78 is 0. The smallest absolute Gasteiger partial charge is 0.241 e. The fraction of sp³-hybridized carbons (Fsp3) is 0.385. The standard InChI is InChI=1S/C13H16N2O2/c1-10(16)11-3-5-12(6-4-11)15-8-7-14(2)9-13(15)17/h3-6H,7-9H2,1-2H3. The number of likely N-dealkylation sites (N-methyl/N-ethyl adjacent to an activating group) is 1. The predicted molar refractivity (Wildman–Crippen MR) is 66.3 cm³/mol. The largest absolute Gasteiger partial charge is 0.310 e. The molecule has 0 saturated carbocycles. The van der Waals surface area contributed by atoms with E-state index in [1.54, 1.807) is 17.0 Å². The minimum absolute atomic E-state index is 0.0428. The van der Waals surface area contributed by atoms with Crippen LogP contribution >= 0.6 is 0 Å². The third-order valence-corrected chi connectivity index (χ3v) is 3.00. The number of carbonyl (C=O) groups excluding carboxylic acids is 2. The Hall–Kier alpha value is -1.68. The average Bonchev–Trinajstić information content (AvgIpc) is 2.29. The first-order chi connectivity index (χ1) is 8.08. The molecule has 1 saturated heterocycles. The molecule has 4 nitrogen and oxygen atoms in total. The van der Waals surface area contributed by atoms with Gasteiger partial charge in [0.2, 0.25) is 5.91 Å². The topological polar surface area (TPSA) is 40.6 Å². The molecule has 0 aromatic heterocycles. The average molecular weight is 232 g/mol. The summed E-state index contributed by atoms with van der Waals surface area (Å²) >= 11 is 0. The summed E-state index contributed by atoms with van der Waals surface area (Å²) in [5.41, 5.74) is 1.54. The lowest BCUT2D eigenvalue weighted by Crippen LogP contribution is -2.48. The summed E-state index contributed by atoms with van der Waals surface area (Å²) in [6, 6.07) is 7.20. The normalized spacial score (nSPS) is 17.3. The van der Waals surface area contributed by atoms with Crippen LogP contribution in [0, 0.1) is 0 Å². The second kappa shape index (κ2) is 4.67. The van der Waals surface area contributed by atoms with Crippen LogP contribution in [0.2, 0.25) is 0 Å². The van der Waals surface area contributed by atoms with E-state index in [2.05, 4.69) is 0 Å². The van der Waals surface area contributed by atoms with Crippen LogP contribution in [0.1, 0.15) is 17.3 Å². The minimum Gasteiger partial charge on any atom is -0.310 e. The van der Waals surface area contributed by atoms with Gasteiger partial charge in [0.05, 0.1) is 6.54 Å². The third-order valence-electron chi connectivity index (χ3n) is 3.00. The van der Waals surface area contributed by atoms with E-state index < -0.39 is 0 Å². The minimum atomic E-state index is 0.0428. The molecule has 1 amide bonds. The molecule has 1 aromatic rings. The van der Waals surface area contributed by atoms with Gasteiger partial charge in [0.15, 0.2) is 5.78 Å². The molecule has 0 spiro atoms. The number of piperazine rings is 1. The van der Waals surface area contributed by atoms with Crippen molar-refractivity contribution in [2.24, 2.45) is 0 Å². The maximum atomic E-state index is 11.8. The number of benzene rings is 1. The Kier molecular flexibility index (Phi) is 3.24. The molecule has 0 radical (unpaired) electrons. The van der Waals surface area contributed by atoms with Crippen molar-refractivity contribution >= 4 is 17.4 Å². The number of Topliss-reactive ketones (excluding diaryl/α,β-unsaturated/α-hetero) is 1. The maximum absolute atomic E-state index is 11.8. The number of carbonyl (C=O) groups is 2. The Balaban J connectivity index is 2.17. The first-order valence-electron chi connectivity index (χ1n) is 5.68. The monoisotopic (exact) mass is 232 g/mol. The van der Waals surface area contributed by atoms with E-state index in [9.17, 15) is 9.59 Å². The van der Waals surface area contributed by atoms with E-state index in [0.29, 0.717) is 18.7 Å². The number of ketones is 1. The van der Waals surface area contributed by atoms with Crippen molar-refractivity contribution in [1.29, 1.82) is 0 Å². The van der Waals surface area contributed by atoms with Crippen LogP contribution in [0.4, 0.5) is 5.69 Å². The highest BCUT2D eigenvalue weighted by atomic mass is 16.2. The number of anilines is 1. The lowest BCUT2D eigenvalue weighted by atomic mass is 10.1. The summed E-state index contributed by atoms with van der Waals surface area (Å²) in [6.45, 7) is 3.57. The molecule has 0 bridgehead atoms. The Morgan fingerprint density at radius 3 is 2.35 bits per heavy atom. The summed E-state index contributed by atoms with van der Waals surface area (Å²) in [7, 11) is 1.94. The molecule has 0 aliphatic carbocycles. The second-order valence-electron chi connectivity index (χ2n) is 4.39. The Morgan fingerprint density at radius 2 is 1.82 bits per heavy atom. The van der Waals surface area contributed by atoms with Crippen molar-refractivity contribution in [3.05, 3.63) is 29.8 Å². The Morgan fingerprint density at radius 1 is 1.18 bits per heavy atom. The molecular formula is C13H16N2O2. The van der Waals surface area contributed by atoms with Crippen LogP contribution in [-0.2, 0) is 4.79 Å². The Bertz CT molecular complexity index is 439. The van der Waals surface area contributed by atoms with Gasteiger partial charge in [-0.05, 0) is 38.2 Å². The second-order valence-corrected chi connectivity index (χ2v) is 4.39. The van der Waals surface area contributed by atoms with Crippen molar-refractivity contribution in [3.63, 3.8) is 0 Å². The van der Waals surface area contributed by atoms with E-state index in [1.807, 2.05) is 24.1 Å². The van der Waals surface area contributed by atoms with Gasteiger partial charge in [-0.15, -0.1) is 0 Å². The molecule has 1 aliphatic rings. The van der Waals surface area contributed by atoms with Crippen molar-refractivity contribution in [2.75, 3.05) is 31.6 Å². The SMILES string of the molecule is CC(=O)c1ccc(N2CCN(C)CC2=O)cc1. The van der Waals surface area contributed by atoms with Gasteiger partial charge >= 0.3 is 0 Å². The van der Waals surface area contributed by atoms with E-state index >= 15 is 0 Å². The molecule has 1 fully saturated rings. The van der Waals surface area contributed by atoms with Crippen LogP contribution in [0.25, 0.3) is 0 Å². The molecule has 17 heavy (non-hydrogen) atoms. The lowest BCUT2D eigenvalue weighted by Gasteiger charge is -2.32. The maximum Gasteiger partial charge on any atom is 0.241 e. The van der Waals surface area contributed by atoms with E-state index in [4.69, 9.17) is 0 Å². The van der Waals surface area contributed by atoms with Crippen LogP contribution < -0.4 is 4.90 Å². The highest BCUT2D eigenvalue weighted by molar-refractivity contribution is 5.97. The number of nitrogens with zero attached hydrogens (tertiary/aromatic N) is 2. The van der Waals surface area contributed by atoms with Gasteiger partial charge in [-0.3, -0.25) is 14.5 Å². The first kappa shape index (κ1) is 11.8. The van der Waals surface area contributed by atoms with Crippen LogP contribution in [0.5, 0.6) is 0 Å². The number of amides is 1. The molecule has 4 heteroatoms. The molecule has 1 aliphatic heterocycles. The third kappa shape index (κ3) is 2.53. The summed E-state index contributed by atoms with van der Waals surface area (Å²) in [5, 5.41) is 0. The fourth-order valence-electron chi connectivity index (χ4n) is 1.94. The highest BCUT2D eigenvalue weighted by Gasteiger charge is 2.22. The van der Waals surface area contributed by atoms with Crippen LogP contribution in [0.3, 0.4) is 0 Å². The van der Waals surface area contributed by atoms with Crippen molar-refractivity contribution in [3.8, 4) is 0 Å². The van der Waals surface area contributed by atoms with Crippen LogP contribution in [0.15, 0.2) is 24.3 Å². The zero-order valence-corrected chi connectivity index (χ0v) is 10.1. The van der Waals surface area contributed by atoms with Crippen molar-refractivity contribution in [1.82, 2.24) is 4.90 Å². The Labute approximate surface area is 101 Å². The predicted octanol–water partition coefficient (Wildman–Crippen LogP) is 1.17. The molecule has 2 rings (SSSR count). The number of rotatable bonds is 2. The molecule has 1 aromatic carbocycles. The van der Waals surface area contributed by atoms with E-state index in [1.165, 1.54) is 6.92 Å². The number of hydrogen-bond donors (Lipinski definition) is 0. The molecule has 0 atom stereocenters. The molecule has 1 heterocycles. The zero-order chi connectivity index (χ0) is 12.4. The molecular weight excluding hydrogens is 216 g/mol. The summed E-state index contributed by atoms with van der Waals surface area (Å²) in [6.07, 6.45) is 0. The van der Waals surface area contributed by atoms with Gasteiger partial charge in [0, 0.05) is 24.3 Å². The molecule has 0 N–H and O–H groups in total. The van der Waals surface area contributed by atoms with Gasteiger partial charge < -0.3 is 4.90 Å². The lowest BCUT2D eigenvalue weighted by molar-refractivity contribution is -0.120. The molecule has 0 unspecified atom stereocenters. The van der Waals surface area contributed by atoms with Gasteiger partial charge in [-0.25, -0.2) is 0 Å². The van der Waals surface area contributed by atoms with Gasteiger partial charge in [0.1, 0.15) is 0 Å². The van der Waals surface area contributed by atoms with Crippen LogP contribution in [-0.4, -0.2) is 43.3 Å². The summed E-state index contributed by atoms with van der Waals surface area (Å²) in [4.78, 5) is 26.8. The van der Waals surface area contributed by atoms with Gasteiger partial charge in [-0.1, -0.05) is 0 Å². The fourth-order valence-corrected chi connectivity index (χ4v) is 1.94. The van der Waals surface area contributed by atoms with E-state index in [-0.39, 0.29) is 11.7 Å².